The largest absolute Gasteiger partial charge is 0.476 e. The van der Waals surface area contributed by atoms with Crippen molar-refractivity contribution in [3.8, 4) is 5.69 Å². The zero-order valence-electron chi connectivity index (χ0n) is 9.72. The smallest absolute Gasteiger partial charge is 0.360 e. The van der Waals surface area contributed by atoms with Crippen molar-refractivity contribution in [2.24, 2.45) is 0 Å². The van der Waals surface area contributed by atoms with E-state index in [2.05, 4.69) is 5.10 Å². The maximum absolute atomic E-state index is 13.6. The van der Waals surface area contributed by atoms with Gasteiger partial charge in [-0.1, -0.05) is 6.07 Å². The van der Waals surface area contributed by atoms with Crippen LogP contribution < -0.4 is 5.43 Å². The molecule has 0 spiro atoms. The van der Waals surface area contributed by atoms with Crippen molar-refractivity contribution in [2.45, 2.75) is 6.92 Å². The molecule has 0 aliphatic heterocycles. The number of carboxylic acids is 1. The highest BCUT2D eigenvalue weighted by Gasteiger charge is 2.16. The monoisotopic (exact) mass is 266 g/mol. The van der Waals surface area contributed by atoms with Crippen molar-refractivity contribution in [3.05, 3.63) is 57.5 Å². The molecule has 1 N–H and O–H groups in total. The van der Waals surface area contributed by atoms with Gasteiger partial charge in [0.2, 0.25) is 11.1 Å². The average Bonchev–Trinajstić information content (AvgIpc) is 2.35. The number of aromatic nitrogens is 2. The molecule has 2 aromatic rings. The van der Waals surface area contributed by atoms with Gasteiger partial charge in [0.25, 0.3) is 0 Å². The zero-order valence-corrected chi connectivity index (χ0v) is 9.72. The highest BCUT2D eigenvalue weighted by molar-refractivity contribution is 5.85. The van der Waals surface area contributed by atoms with Crippen molar-refractivity contribution in [1.29, 1.82) is 0 Å². The summed E-state index contributed by atoms with van der Waals surface area (Å²) in [6.07, 6.45) is 1.15. The molecule has 0 bridgehead atoms. The Hall–Kier alpha value is -2.57. The lowest BCUT2D eigenvalue weighted by atomic mass is 10.2. The summed E-state index contributed by atoms with van der Waals surface area (Å²) in [4.78, 5) is 22.4. The van der Waals surface area contributed by atoms with Gasteiger partial charge in [-0.25, -0.2) is 18.3 Å². The predicted octanol–water partition coefficient (Wildman–Crippen LogP) is 1.52. The molecular formula is C12H8F2N2O3. The lowest BCUT2D eigenvalue weighted by molar-refractivity contribution is 0.0686. The molecule has 0 amide bonds. The van der Waals surface area contributed by atoms with Gasteiger partial charge in [0.15, 0.2) is 11.6 Å². The van der Waals surface area contributed by atoms with Gasteiger partial charge in [-0.2, -0.15) is 5.10 Å². The molecule has 0 unspecified atom stereocenters. The number of carbonyl (C=O) groups is 1. The summed E-state index contributed by atoms with van der Waals surface area (Å²) in [5, 5.41) is 12.3. The van der Waals surface area contributed by atoms with Crippen molar-refractivity contribution in [2.75, 3.05) is 0 Å². The molecule has 0 fully saturated rings. The summed E-state index contributed by atoms with van der Waals surface area (Å²) in [6.45, 7) is 1.37. The van der Waals surface area contributed by atoms with E-state index in [1.54, 1.807) is 0 Å². The zero-order chi connectivity index (χ0) is 14.2. The third-order valence-electron chi connectivity index (χ3n) is 2.48. The summed E-state index contributed by atoms with van der Waals surface area (Å²) < 4.78 is 27.5. The predicted molar refractivity (Wildman–Crippen MR) is 61.4 cm³/mol. The van der Waals surface area contributed by atoms with E-state index in [0.717, 1.165) is 16.9 Å². The van der Waals surface area contributed by atoms with Gasteiger partial charge >= 0.3 is 5.97 Å². The average molecular weight is 266 g/mol. The van der Waals surface area contributed by atoms with E-state index in [-0.39, 0.29) is 11.3 Å². The topological polar surface area (TPSA) is 72.2 Å². The van der Waals surface area contributed by atoms with Crippen molar-refractivity contribution < 1.29 is 18.7 Å². The van der Waals surface area contributed by atoms with Crippen LogP contribution in [0.15, 0.2) is 29.2 Å². The summed E-state index contributed by atoms with van der Waals surface area (Å²) in [7, 11) is 0. The number of halogens is 2. The lowest BCUT2D eigenvalue weighted by Gasteiger charge is -2.08. The van der Waals surface area contributed by atoms with Gasteiger partial charge in [0.05, 0.1) is 0 Å². The van der Waals surface area contributed by atoms with E-state index in [0.29, 0.717) is 0 Å². The number of aryl methyl sites for hydroxylation is 1. The molecule has 7 heteroatoms. The molecule has 0 aliphatic carbocycles. The molecule has 2 rings (SSSR count). The Kier molecular flexibility index (Phi) is 3.12. The normalized spacial score (nSPS) is 10.5. The molecular weight excluding hydrogens is 258 g/mol. The molecule has 0 aliphatic rings. The molecule has 5 nitrogen and oxygen atoms in total. The first-order chi connectivity index (χ1) is 8.91. The number of hydrogen-bond donors (Lipinski definition) is 1. The fourth-order valence-electron chi connectivity index (χ4n) is 1.54. The van der Waals surface area contributed by atoms with E-state index < -0.39 is 28.7 Å². The second kappa shape index (κ2) is 4.60. The summed E-state index contributed by atoms with van der Waals surface area (Å²) >= 11 is 0. The van der Waals surface area contributed by atoms with E-state index in [1.807, 2.05) is 0 Å². The number of hydrogen-bond acceptors (Lipinski definition) is 3. The van der Waals surface area contributed by atoms with Crippen LogP contribution in [0.3, 0.4) is 0 Å². The maximum Gasteiger partial charge on any atom is 0.360 e. The molecule has 0 radical (unpaired) electrons. The minimum Gasteiger partial charge on any atom is -0.476 e. The first-order valence-corrected chi connectivity index (χ1v) is 5.20. The first-order valence-electron chi connectivity index (χ1n) is 5.20. The molecule has 1 aromatic carbocycles. The standard InChI is InChI=1S/C12H8F2N2O3/c1-6-5-16(15-10(11(6)17)12(18)19)8-4-2-3-7(13)9(8)14/h2-5H,1H3,(H,18,19). The minimum atomic E-state index is -1.53. The number of aromatic carboxylic acids is 1. The van der Waals surface area contributed by atoms with E-state index in [4.69, 9.17) is 5.11 Å². The van der Waals surface area contributed by atoms with E-state index >= 15 is 0 Å². The van der Waals surface area contributed by atoms with Crippen LogP contribution in [0, 0.1) is 18.6 Å². The summed E-state index contributed by atoms with van der Waals surface area (Å²) in [5.41, 5.74) is -1.72. The van der Waals surface area contributed by atoms with Gasteiger partial charge in [0.1, 0.15) is 5.69 Å². The Balaban J connectivity index is 2.74. The molecule has 0 atom stereocenters. The van der Waals surface area contributed by atoms with E-state index in [9.17, 15) is 18.4 Å². The first kappa shape index (κ1) is 12.9. The van der Waals surface area contributed by atoms with E-state index in [1.165, 1.54) is 19.1 Å². The van der Waals surface area contributed by atoms with Gasteiger partial charge in [-0.15, -0.1) is 0 Å². The van der Waals surface area contributed by atoms with Gasteiger partial charge in [0, 0.05) is 11.8 Å². The van der Waals surface area contributed by atoms with Gasteiger partial charge in [-0.05, 0) is 19.1 Å². The Morgan fingerprint density at radius 3 is 2.68 bits per heavy atom. The van der Waals surface area contributed by atoms with Crippen LogP contribution in [0.2, 0.25) is 0 Å². The van der Waals surface area contributed by atoms with Crippen LogP contribution in [0.5, 0.6) is 0 Å². The quantitative estimate of drug-likeness (QED) is 0.894. The number of benzene rings is 1. The Morgan fingerprint density at radius 2 is 2.05 bits per heavy atom. The highest BCUT2D eigenvalue weighted by atomic mass is 19.2. The molecule has 98 valence electrons. The molecule has 0 saturated heterocycles. The second-order valence-electron chi connectivity index (χ2n) is 3.81. The van der Waals surface area contributed by atoms with Crippen LogP contribution in [0.25, 0.3) is 5.69 Å². The number of rotatable bonds is 2. The SMILES string of the molecule is Cc1cn(-c2cccc(F)c2F)nc(C(=O)O)c1=O. The van der Waals surface area contributed by atoms with Crippen LogP contribution in [0.4, 0.5) is 8.78 Å². The van der Waals surface area contributed by atoms with Crippen molar-refractivity contribution >= 4 is 5.97 Å². The third kappa shape index (κ3) is 2.22. The maximum atomic E-state index is 13.6. The Bertz CT molecular complexity index is 725. The van der Waals surface area contributed by atoms with Crippen molar-refractivity contribution in [1.82, 2.24) is 9.78 Å². The van der Waals surface area contributed by atoms with Crippen LogP contribution >= 0.6 is 0 Å². The van der Waals surface area contributed by atoms with Crippen LogP contribution in [0.1, 0.15) is 16.1 Å². The Morgan fingerprint density at radius 1 is 1.37 bits per heavy atom. The number of nitrogens with zero attached hydrogens (tertiary/aromatic N) is 2. The third-order valence-corrected chi connectivity index (χ3v) is 2.48. The molecule has 1 heterocycles. The van der Waals surface area contributed by atoms with Crippen LogP contribution in [-0.2, 0) is 0 Å². The fraction of sp³-hybridized carbons (Fsp3) is 0.0833. The molecule has 19 heavy (non-hydrogen) atoms. The molecule has 0 saturated carbocycles. The lowest BCUT2D eigenvalue weighted by Crippen LogP contribution is -2.23. The minimum absolute atomic E-state index is 0.0658. The highest BCUT2D eigenvalue weighted by Crippen LogP contribution is 2.15. The molecule has 1 aromatic heterocycles. The summed E-state index contributed by atoms with van der Waals surface area (Å²) in [5.74, 6) is -3.79. The van der Waals surface area contributed by atoms with Gasteiger partial charge in [-0.3, -0.25) is 4.79 Å². The second-order valence-corrected chi connectivity index (χ2v) is 3.81. The summed E-state index contributed by atoms with van der Waals surface area (Å²) in [6, 6.07) is 3.40. The fourth-order valence-corrected chi connectivity index (χ4v) is 1.54. The Labute approximate surface area is 105 Å². The number of carboxylic acid groups (broad SMARTS) is 1. The van der Waals surface area contributed by atoms with Crippen LogP contribution in [-0.4, -0.2) is 20.9 Å². The van der Waals surface area contributed by atoms with Gasteiger partial charge < -0.3 is 5.11 Å². The van der Waals surface area contributed by atoms with Crippen molar-refractivity contribution in [3.63, 3.8) is 0 Å².